The quantitative estimate of drug-likeness (QED) is 0.700. The largest absolute Gasteiger partial charge is 0.435 e. The molecule has 1 aliphatic rings. The fourth-order valence-corrected chi connectivity index (χ4v) is 3.00. The zero-order chi connectivity index (χ0) is 19.1. The molecular formula is C16H12F7N3. The van der Waals surface area contributed by atoms with Crippen LogP contribution in [0.1, 0.15) is 18.5 Å². The van der Waals surface area contributed by atoms with Crippen LogP contribution in [0.3, 0.4) is 0 Å². The van der Waals surface area contributed by atoms with Gasteiger partial charge in [-0.2, -0.15) is 26.3 Å². The number of nitrogens with zero attached hydrogens (tertiary/aromatic N) is 3. The summed E-state index contributed by atoms with van der Waals surface area (Å²) in [6.45, 7) is -0.157. The lowest BCUT2D eigenvalue weighted by Crippen LogP contribution is -2.42. The summed E-state index contributed by atoms with van der Waals surface area (Å²) in [4.78, 5) is 7.70. The molecule has 3 nitrogen and oxygen atoms in total. The number of hydrogen-bond acceptors (Lipinski definition) is 3. The number of halogens is 7. The maximum absolute atomic E-state index is 13.4. The second-order valence-corrected chi connectivity index (χ2v) is 5.85. The van der Waals surface area contributed by atoms with Crippen molar-refractivity contribution in [3.05, 3.63) is 42.1 Å². The average Bonchev–Trinajstić information content (AvgIpc) is 3.03. The Hall–Kier alpha value is -2.39. The highest BCUT2D eigenvalue weighted by atomic mass is 19.4. The normalized spacial score (nSPS) is 18.4. The monoisotopic (exact) mass is 379 g/mol. The van der Waals surface area contributed by atoms with Gasteiger partial charge >= 0.3 is 12.4 Å². The van der Waals surface area contributed by atoms with Crippen molar-refractivity contribution in [2.24, 2.45) is 0 Å². The third-order valence-corrected chi connectivity index (χ3v) is 4.08. The molecule has 2 aromatic heterocycles. The van der Waals surface area contributed by atoms with Gasteiger partial charge in [0.25, 0.3) is 0 Å². The number of pyridine rings is 2. The lowest BCUT2D eigenvalue weighted by atomic mass is 10.1. The summed E-state index contributed by atoms with van der Waals surface area (Å²) in [6, 6.07) is 1.03. The van der Waals surface area contributed by atoms with Gasteiger partial charge in [-0.15, -0.1) is 0 Å². The van der Waals surface area contributed by atoms with Crippen molar-refractivity contribution in [1.29, 1.82) is 0 Å². The SMILES string of the molecule is Fc1cncc(-c2ccc(N3CCCC3C(F)(F)F)c(C(F)(F)F)n2)c1. The average molecular weight is 379 g/mol. The molecule has 0 saturated carbocycles. The van der Waals surface area contributed by atoms with E-state index in [2.05, 4.69) is 9.97 Å². The third-order valence-electron chi connectivity index (χ3n) is 4.08. The van der Waals surface area contributed by atoms with E-state index >= 15 is 0 Å². The molecule has 0 radical (unpaired) electrons. The van der Waals surface area contributed by atoms with Gasteiger partial charge in [-0.3, -0.25) is 4.98 Å². The van der Waals surface area contributed by atoms with E-state index in [9.17, 15) is 30.7 Å². The molecule has 3 rings (SSSR count). The Morgan fingerprint density at radius 1 is 1.04 bits per heavy atom. The van der Waals surface area contributed by atoms with Crippen molar-refractivity contribution in [2.45, 2.75) is 31.2 Å². The summed E-state index contributed by atoms with van der Waals surface area (Å²) in [5.41, 5.74) is -2.30. The first-order valence-electron chi connectivity index (χ1n) is 7.60. The van der Waals surface area contributed by atoms with Crippen LogP contribution in [0.25, 0.3) is 11.3 Å². The number of hydrogen-bond donors (Lipinski definition) is 0. The van der Waals surface area contributed by atoms with Gasteiger partial charge in [-0.25, -0.2) is 9.37 Å². The molecule has 1 unspecified atom stereocenters. The van der Waals surface area contributed by atoms with Crippen LogP contribution in [0.2, 0.25) is 0 Å². The summed E-state index contributed by atoms with van der Waals surface area (Å²) in [7, 11) is 0. The van der Waals surface area contributed by atoms with Crippen molar-refractivity contribution in [1.82, 2.24) is 9.97 Å². The molecule has 0 aromatic carbocycles. The highest BCUT2D eigenvalue weighted by Crippen LogP contribution is 2.42. The van der Waals surface area contributed by atoms with Gasteiger partial charge in [-0.1, -0.05) is 0 Å². The molecule has 10 heteroatoms. The molecule has 1 atom stereocenters. The molecule has 1 aliphatic heterocycles. The predicted molar refractivity (Wildman–Crippen MR) is 78.9 cm³/mol. The number of alkyl halides is 6. The zero-order valence-electron chi connectivity index (χ0n) is 13.1. The van der Waals surface area contributed by atoms with E-state index in [0.717, 1.165) is 30.6 Å². The molecule has 26 heavy (non-hydrogen) atoms. The van der Waals surface area contributed by atoms with Gasteiger partial charge in [0, 0.05) is 18.3 Å². The molecule has 0 bridgehead atoms. The van der Waals surface area contributed by atoms with Crippen LogP contribution >= 0.6 is 0 Å². The Morgan fingerprint density at radius 3 is 2.38 bits per heavy atom. The zero-order valence-corrected chi connectivity index (χ0v) is 13.1. The number of anilines is 1. The third kappa shape index (κ3) is 3.58. The van der Waals surface area contributed by atoms with Gasteiger partial charge in [0.15, 0.2) is 5.69 Å². The minimum atomic E-state index is -4.97. The lowest BCUT2D eigenvalue weighted by molar-refractivity contribution is -0.148. The Balaban J connectivity index is 2.09. The summed E-state index contributed by atoms with van der Waals surface area (Å²) in [5, 5.41) is 0. The number of aromatic nitrogens is 2. The fourth-order valence-electron chi connectivity index (χ4n) is 3.00. The molecule has 0 aliphatic carbocycles. The highest BCUT2D eigenvalue weighted by molar-refractivity contribution is 5.64. The van der Waals surface area contributed by atoms with Crippen molar-refractivity contribution in [2.75, 3.05) is 11.4 Å². The van der Waals surface area contributed by atoms with Gasteiger partial charge in [-0.05, 0) is 31.0 Å². The maximum atomic E-state index is 13.4. The van der Waals surface area contributed by atoms with Crippen molar-refractivity contribution in [3.8, 4) is 11.3 Å². The lowest BCUT2D eigenvalue weighted by Gasteiger charge is -2.30. The molecule has 0 spiro atoms. The second kappa shape index (κ2) is 6.40. The standard InChI is InChI=1S/C16H12F7N3/c17-10-6-9(7-24-8-10)11-3-4-12(14(25-11)16(21,22)23)26-5-1-2-13(26)15(18,19)20/h3-4,6-8,13H,1-2,5H2. The van der Waals surface area contributed by atoms with Crippen LogP contribution in [0.4, 0.5) is 36.4 Å². The van der Waals surface area contributed by atoms with E-state index in [4.69, 9.17) is 0 Å². The minimum Gasteiger partial charge on any atom is -0.358 e. The first kappa shape index (κ1) is 18.4. The Bertz CT molecular complexity index is 801. The molecule has 0 N–H and O–H groups in total. The van der Waals surface area contributed by atoms with E-state index in [1.165, 1.54) is 0 Å². The molecule has 3 heterocycles. The van der Waals surface area contributed by atoms with Gasteiger partial charge < -0.3 is 4.90 Å². The van der Waals surface area contributed by atoms with E-state index in [-0.39, 0.29) is 30.6 Å². The van der Waals surface area contributed by atoms with Crippen LogP contribution in [-0.2, 0) is 6.18 Å². The van der Waals surface area contributed by atoms with Crippen molar-refractivity contribution in [3.63, 3.8) is 0 Å². The van der Waals surface area contributed by atoms with Crippen LogP contribution in [0, 0.1) is 5.82 Å². The van der Waals surface area contributed by atoms with Gasteiger partial charge in [0.05, 0.1) is 17.6 Å². The molecule has 0 amide bonds. The summed E-state index contributed by atoms with van der Waals surface area (Å²) in [6.07, 6.45) is -7.77. The first-order valence-corrected chi connectivity index (χ1v) is 7.60. The molecule has 1 saturated heterocycles. The predicted octanol–water partition coefficient (Wildman–Crippen LogP) is 4.83. The van der Waals surface area contributed by atoms with Crippen LogP contribution in [-0.4, -0.2) is 28.7 Å². The Kier molecular flexibility index (Phi) is 4.53. The van der Waals surface area contributed by atoms with E-state index in [1.807, 2.05) is 0 Å². The highest BCUT2D eigenvalue weighted by Gasteiger charge is 2.48. The maximum Gasteiger partial charge on any atom is 0.435 e. The molecular weight excluding hydrogens is 367 g/mol. The van der Waals surface area contributed by atoms with Gasteiger partial charge in [0.1, 0.15) is 11.9 Å². The van der Waals surface area contributed by atoms with Crippen LogP contribution < -0.4 is 4.90 Å². The van der Waals surface area contributed by atoms with Crippen LogP contribution in [0.5, 0.6) is 0 Å². The fraction of sp³-hybridized carbons (Fsp3) is 0.375. The molecule has 140 valence electrons. The molecule has 2 aromatic rings. The van der Waals surface area contributed by atoms with Crippen molar-refractivity contribution < 1.29 is 30.7 Å². The van der Waals surface area contributed by atoms with Gasteiger partial charge in [0.2, 0.25) is 0 Å². The summed E-state index contributed by atoms with van der Waals surface area (Å²) < 4.78 is 92.9. The van der Waals surface area contributed by atoms with Crippen molar-refractivity contribution >= 4 is 5.69 Å². The second-order valence-electron chi connectivity index (χ2n) is 5.85. The Morgan fingerprint density at radius 2 is 1.77 bits per heavy atom. The molecule has 1 fully saturated rings. The first-order chi connectivity index (χ1) is 12.1. The Labute approximate surface area is 143 Å². The summed E-state index contributed by atoms with van der Waals surface area (Å²) >= 11 is 0. The van der Waals surface area contributed by atoms with E-state index in [1.54, 1.807) is 0 Å². The van der Waals surface area contributed by atoms with E-state index < -0.39 is 35.6 Å². The van der Waals surface area contributed by atoms with Crippen LogP contribution in [0.15, 0.2) is 30.6 Å². The summed E-state index contributed by atoms with van der Waals surface area (Å²) in [5.74, 6) is -0.765. The smallest absolute Gasteiger partial charge is 0.358 e. The number of rotatable bonds is 2. The minimum absolute atomic E-state index is 0.00385. The topological polar surface area (TPSA) is 29.0 Å². The van der Waals surface area contributed by atoms with E-state index in [0.29, 0.717) is 4.90 Å².